The van der Waals surface area contributed by atoms with Crippen LogP contribution in [0.1, 0.15) is 12.8 Å². The van der Waals surface area contributed by atoms with E-state index in [2.05, 4.69) is 17.3 Å². The molecule has 2 rings (SSSR count). The number of likely N-dealkylation sites (N-methyl/N-ethyl adjacent to an activating group) is 1. The van der Waals surface area contributed by atoms with E-state index in [4.69, 9.17) is 0 Å². The van der Waals surface area contributed by atoms with Crippen LogP contribution in [0.25, 0.3) is 0 Å². The van der Waals surface area contributed by atoms with Crippen LogP contribution in [0.5, 0.6) is 0 Å². The molecule has 2 aliphatic heterocycles. The molecule has 0 saturated carbocycles. The predicted octanol–water partition coefficient (Wildman–Crippen LogP) is 0.500. The number of nitrogens with one attached hydrogen (secondary N) is 1. The zero-order valence-electron chi connectivity index (χ0n) is 7.31. The number of hydrogen-bond donors (Lipinski definition) is 1. The fourth-order valence-corrected chi connectivity index (χ4v) is 2.02. The van der Waals surface area contributed by atoms with Gasteiger partial charge in [-0.25, -0.2) is 0 Å². The molecule has 2 fully saturated rings. The summed E-state index contributed by atoms with van der Waals surface area (Å²) in [5, 5.41) is 3.58. The first kappa shape index (κ1) is 11.6. The molecule has 67 valence electrons. The van der Waals surface area contributed by atoms with Crippen LogP contribution in [0.2, 0.25) is 0 Å². The van der Waals surface area contributed by atoms with Gasteiger partial charge in [-0.3, -0.25) is 0 Å². The van der Waals surface area contributed by atoms with E-state index >= 15 is 0 Å². The molecule has 2 nitrogen and oxygen atoms in total. The van der Waals surface area contributed by atoms with Gasteiger partial charge in [-0.05, 0) is 19.9 Å². The molecule has 0 amide bonds. The average Bonchev–Trinajstić information content (AvgIpc) is 2.11. The SMILES string of the molecule is CN1CC2CCC(C1)N2.[CH3-].[Re]. The summed E-state index contributed by atoms with van der Waals surface area (Å²) in [6.07, 6.45) is 2.80. The Balaban J connectivity index is 0.000000500. The largest absolute Gasteiger partial charge is 0.358 e. The summed E-state index contributed by atoms with van der Waals surface area (Å²) >= 11 is 0. The van der Waals surface area contributed by atoms with E-state index in [0.29, 0.717) is 0 Å². The number of fused-ring (bicyclic) bond motifs is 2. The van der Waals surface area contributed by atoms with Gasteiger partial charge in [0, 0.05) is 45.6 Å². The van der Waals surface area contributed by atoms with Crippen molar-refractivity contribution in [3.05, 3.63) is 7.43 Å². The first-order valence-corrected chi connectivity index (χ1v) is 3.79. The number of hydrogen-bond acceptors (Lipinski definition) is 2. The molecule has 2 aliphatic rings. The maximum atomic E-state index is 3.58. The third-order valence-electron chi connectivity index (χ3n) is 2.40. The Labute approximate surface area is 83.4 Å². The predicted molar refractivity (Wildman–Crippen MR) is 43.9 cm³/mol. The minimum absolute atomic E-state index is 0. The molecule has 2 heterocycles. The van der Waals surface area contributed by atoms with E-state index in [1.807, 2.05) is 0 Å². The summed E-state index contributed by atoms with van der Waals surface area (Å²) in [6.45, 7) is 2.52. The summed E-state index contributed by atoms with van der Waals surface area (Å²) in [6, 6.07) is 1.63. The second-order valence-electron chi connectivity index (χ2n) is 3.36. The van der Waals surface area contributed by atoms with E-state index in [9.17, 15) is 0 Å². The summed E-state index contributed by atoms with van der Waals surface area (Å²) in [4.78, 5) is 2.43. The average molecular weight is 327 g/mol. The molecule has 1 radical (unpaired) electrons. The van der Waals surface area contributed by atoms with Crippen molar-refractivity contribution in [2.24, 2.45) is 0 Å². The number of rotatable bonds is 0. The first-order valence-electron chi connectivity index (χ1n) is 3.79. The van der Waals surface area contributed by atoms with Gasteiger partial charge in [-0.2, -0.15) is 0 Å². The van der Waals surface area contributed by atoms with Gasteiger partial charge in [0.1, 0.15) is 0 Å². The van der Waals surface area contributed by atoms with E-state index in [1.54, 1.807) is 0 Å². The normalized spacial score (nSPS) is 35.7. The Morgan fingerprint density at radius 3 is 2.09 bits per heavy atom. The maximum absolute atomic E-state index is 3.58. The van der Waals surface area contributed by atoms with Crippen LogP contribution in [0.4, 0.5) is 0 Å². The third-order valence-corrected chi connectivity index (χ3v) is 2.40. The van der Waals surface area contributed by atoms with Gasteiger partial charge in [0.2, 0.25) is 0 Å². The summed E-state index contributed by atoms with van der Waals surface area (Å²) in [5.74, 6) is 0. The van der Waals surface area contributed by atoms with Gasteiger partial charge in [0.15, 0.2) is 0 Å². The van der Waals surface area contributed by atoms with Crippen molar-refractivity contribution in [3.63, 3.8) is 0 Å². The monoisotopic (exact) mass is 328 g/mol. The van der Waals surface area contributed by atoms with Gasteiger partial charge >= 0.3 is 0 Å². The Kier molecular flexibility index (Phi) is 4.81. The van der Waals surface area contributed by atoms with Crippen LogP contribution in [-0.4, -0.2) is 37.1 Å². The fraction of sp³-hybridized carbons (Fsp3) is 0.875. The van der Waals surface area contributed by atoms with Crippen molar-refractivity contribution >= 4 is 0 Å². The second-order valence-corrected chi connectivity index (χ2v) is 3.36. The van der Waals surface area contributed by atoms with E-state index < -0.39 is 0 Å². The fourth-order valence-electron chi connectivity index (χ4n) is 2.02. The van der Waals surface area contributed by atoms with Crippen LogP contribution in [0.3, 0.4) is 0 Å². The molecule has 2 unspecified atom stereocenters. The van der Waals surface area contributed by atoms with E-state index in [0.717, 1.165) is 12.1 Å². The van der Waals surface area contributed by atoms with Gasteiger partial charge in [0.05, 0.1) is 0 Å². The van der Waals surface area contributed by atoms with Crippen LogP contribution < -0.4 is 5.32 Å². The Hall–Kier alpha value is 0.582. The summed E-state index contributed by atoms with van der Waals surface area (Å²) < 4.78 is 0. The maximum Gasteiger partial charge on any atom is 0.0198 e. The quantitative estimate of drug-likeness (QED) is 0.652. The molecule has 1 N–H and O–H groups in total. The number of piperazine rings is 1. The number of likely N-dealkylation sites (tertiary alicyclic amines) is 1. The Morgan fingerprint density at radius 2 is 1.64 bits per heavy atom. The Bertz CT molecular complexity index is 107. The smallest absolute Gasteiger partial charge is 0.0198 e. The van der Waals surface area contributed by atoms with E-state index in [1.165, 1.54) is 25.9 Å². The first-order chi connectivity index (χ1) is 4.34. The number of nitrogens with zero attached hydrogens (tertiary/aromatic N) is 1. The van der Waals surface area contributed by atoms with Crippen molar-refractivity contribution in [1.82, 2.24) is 10.2 Å². The van der Waals surface area contributed by atoms with Gasteiger partial charge in [-0.15, -0.1) is 0 Å². The van der Waals surface area contributed by atoms with Crippen LogP contribution in [-0.2, 0) is 20.4 Å². The molecule has 0 aromatic carbocycles. The van der Waals surface area contributed by atoms with Gasteiger partial charge in [0.25, 0.3) is 0 Å². The van der Waals surface area contributed by atoms with Crippen LogP contribution in [0, 0.1) is 7.43 Å². The molecular formula is C8H17N2Re-. The summed E-state index contributed by atoms with van der Waals surface area (Å²) in [5.41, 5.74) is 0. The molecule has 0 aliphatic carbocycles. The molecule has 0 spiro atoms. The molecule has 2 saturated heterocycles. The zero-order chi connectivity index (χ0) is 6.27. The molecule has 2 bridgehead atoms. The van der Waals surface area contributed by atoms with Crippen molar-refractivity contribution in [3.8, 4) is 0 Å². The van der Waals surface area contributed by atoms with Crippen molar-refractivity contribution < 1.29 is 20.4 Å². The third kappa shape index (κ3) is 2.52. The van der Waals surface area contributed by atoms with Gasteiger partial charge in [-0.1, -0.05) is 0 Å². The molecule has 0 aromatic rings. The standard InChI is InChI=1S/C7H14N2.CH3.Re/c1-9-4-6-2-3-7(5-9)8-6;;/h6-8H,2-5H2,1H3;1H3;/q;-1;. The van der Waals surface area contributed by atoms with Crippen LogP contribution in [0.15, 0.2) is 0 Å². The molecule has 0 aromatic heterocycles. The van der Waals surface area contributed by atoms with Crippen molar-refractivity contribution in [2.75, 3.05) is 20.1 Å². The summed E-state index contributed by atoms with van der Waals surface area (Å²) in [7, 11) is 2.21. The molecule has 3 heteroatoms. The molecule has 2 atom stereocenters. The van der Waals surface area contributed by atoms with Crippen LogP contribution >= 0.6 is 0 Å². The Morgan fingerprint density at radius 1 is 1.18 bits per heavy atom. The minimum atomic E-state index is 0. The van der Waals surface area contributed by atoms with Crippen molar-refractivity contribution in [2.45, 2.75) is 24.9 Å². The zero-order valence-corrected chi connectivity index (χ0v) is 10.0. The minimum Gasteiger partial charge on any atom is -0.358 e. The second kappa shape index (κ2) is 4.57. The topological polar surface area (TPSA) is 15.3 Å². The molecule has 11 heavy (non-hydrogen) atoms. The molecular weight excluding hydrogens is 310 g/mol. The van der Waals surface area contributed by atoms with Gasteiger partial charge < -0.3 is 17.6 Å². The van der Waals surface area contributed by atoms with Crippen molar-refractivity contribution in [1.29, 1.82) is 0 Å². The van der Waals surface area contributed by atoms with E-state index in [-0.39, 0.29) is 27.8 Å².